The van der Waals surface area contributed by atoms with E-state index >= 15 is 0 Å². The van der Waals surface area contributed by atoms with Crippen LogP contribution < -0.4 is 10.3 Å². The Bertz CT molecular complexity index is 1570. The number of para-hydroxylation sites is 1. The number of azo groups is 1. The average Bonchev–Trinajstić information content (AvgIpc) is 3.14. The highest BCUT2D eigenvalue weighted by Gasteiger charge is 2.16. The molecule has 0 aliphatic carbocycles. The Morgan fingerprint density at radius 2 is 1.83 bits per heavy atom. The zero-order valence-electron chi connectivity index (χ0n) is 18.5. The quantitative estimate of drug-likeness (QED) is 0.104. The molecule has 1 heterocycles. The second kappa shape index (κ2) is 11.1. The maximum absolute atomic E-state index is 13.0. The highest BCUT2D eigenvalue weighted by molar-refractivity contribution is 7.94. The minimum absolute atomic E-state index is 0.0101. The number of benzene rings is 3. The first-order chi connectivity index (χ1) is 17.3. The van der Waals surface area contributed by atoms with E-state index < -0.39 is 15.6 Å². The number of H-pyrrole nitrogens is 1. The molecule has 0 spiro atoms. The van der Waals surface area contributed by atoms with Gasteiger partial charge in [0, 0.05) is 15.6 Å². The van der Waals surface area contributed by atoms with Crippen molar-refractivity contribution in [3.05, 3.63) is 93.9 Å². The van der Waals surface area contributed by atoms with Crippen LogP contribution in [0.5, 0.6) is 0 Å². The van der Waals surface area contributed by atoms with Crippen molar-refractivity contribution in [2.75, 3.05) is 4.72 Å². The molecule has 0 fully saturated rings. The smallest absolute Gasteiger partial charge is 0.293 e. The zero-order valence-corrected chi connectivity index (χ0v) is 20.8. The molecule has 0 aliphatic rings. The van der Waals surface area contributed by atoms with Gasteiger partial charge in [-0.05, 0) is 55.5 Å². The maximum Gasteiger partial charge on any atom is 0.299 e. The molecule has 4 rings (SSSR count). The number of anilines is 1. The molecular formula is C22H18ClN5O6S2. The Kier molecular flexibility index (Phi) is 7.88. The molecule has 0 unspecified atom stereocenters. The summed E-state index contributed by atoms with van der Waals surface area (Å²) in [5.41, 5.74) is 0.966. The Morgan fingerprint density at radius 1 is 1.06 bits per heavy atom. The van der Waals surface area contributed by atoms with Gasteiger partial charge in [0.15, 0.2) is 5.69 Å². The lowest BCUT2D eigenvalue weighted by molar-refractivity contribution is -0.432. The molecule has 0 atom stereocenters. The molecular weight excluding hydrogens is 530 g/mol. The van der Waals surface area contributed by atoms with Crippen LogP contribution in [0.2, 0.25) is 5.02 Å². The summed E-state index contributed by atoms with van der Waals surface area (Å²) in [6, 6.07) is 19.0. The number of nitrogens with one attached hydrogen (secondary N) is 2. The molecule has 3 N–H and O–H groups in total. The minimum Gasteiger partial charge on any atom is -0.293 e. The summed E-state index contributed by atoms with van der Waals surface area (Å²) in [5, 5.41) is 23.3. The van der Waals surface area contributed by atoms with Crippen molar-refractivity contribution in [1.29, 1.82) is 0 Å². The molecule has 1 aromatic heterocycles. The first kappa shape index (κ1) is 25.6. The third-order valence-electron chi connectivity index (χ3n) is 4.73. The molecule has 186 valence electrons. The van der Waals surface area contributed by atoms with Gasteiger partial charge in [-0.15, -0.1) is 9.45 Å². The lowest BCUT2D eigenvalue weighted by Gasteiger charge is -2.08. The lowest BCUT2D eigenvalue weighted by atomic mass is 10.3. The normalized spacial score (nSPS) is 11.8. The Morgan fingerprint density at radius 3 is 2.58 bits per heavy atom. The maximum atomic E-state index is 13.0. The van der Waals surface area contributed by atoms with E-state index in [9.17, 15) is 13.2 Å². The minimum atomic E-state index is -3.85. The van der Waals surface area contributed by atoms with Gasteiger partial charge in [0.2, 0.25) is 0 Å². The van der Waals surface area contributed by atoms with Crippen LogP contribution in [0.4, 0.5) is 17.1 Å². The van der Waals surface area contributed by atoms with Crippen LogP contribution in [0.1, 0.15) is 5.69 Å². The summed E-state index contributed by atoms with van der Waals surface area (Å²) in [6.45, 7) is 1.64. The summed E-state index contributed by atoms with van der Waals surface area (Å²) >= 11 is 6.81. The molecule has 0 saturated heterocycles. The van der Waals surface area contributed by atoms with Gasteiger partial charge in [-0.2, -0.15) is 5.11 Å². The van der Waals surface area contributed by atoms with Crippen LogP contribution in [-0.2, 0) is 19.4 Å². The third-order valence-corrected chi connectivity index (χ3v) is 6.89. The number of hydrogen-bond donors (Lipinski definition) is 3. The molecule has 14 heteroatoms. The second-order valence-electron chi connectivity index (χ2n) is 7.27. The monoisotopic (exact) mass is 547 g/mol. The predicted octanol–water partition coefficient (Wildman–Crippen LogP) is 5.77. The van der Waals surface area contributed by atoms with E-state index in [-0.39, 0.29) is 16.3 Å². The topological polar surface area (TPSA) is 147 Å². The third kappa shape index (κ3) is 6.02. The van der Waals surface area contributed by atoms with E-state index in [4.69, 9.17) is 16.9 Å². The fourth-order valence-electron chi connectivity index (χ4n) is 3.16. The van der Waals surface area contributed by atoms with Crippen LogP contribution in [0.15, 0.2) is 97.6 Å². The SMILES string of the molecule is Cc1[nH]n(-c2cc(Cl)cc(SOOO)c2)c(=O)c1N=Nc1cccc(S(=O)(=O)Nc2ccccc2)c1. The summed E-state index contributed by atoms with van der Waals surface area (Å²) in [7, 11) is -3.85. The largest absolute Gasteiger partial charge is 0.299 e. The van der Waals surface area contributed by atoms with Gasteiger partial charge < -0.3 is 0 Å². The number of aryl methyl sites for hydroxylation is 1. The number of nitrogens with zero attached hydrogens (tertiary/aromatic N) is 3. The summed E-state index contributed by atoms with van der Waals surface area (Å²) in [4.78, 5) is 13.4. The fourth-order valence-corrected chi connectivity index (χ4v) is 5.00. The second-order valence-corrected chi connectivity index (χ2v) is 10.2. The number of hydrogen-bond acceptors (Lipinski definition) is 9. The van der Waals surface area contributed by atoms with Crippen molar-refractivity contribution in [2.45, 2.75) is 16.7 Å². The molecule has 0 amide bonds. The van der Waals surface area contributed by atoms with E-state index in [1.165, 1.54) is 28.9 Å². The van der Waals surface area contributed by atoms with Crippen molar-refractivity contribution < 1.29 is 23.0 Å². The van der Waals surface area contributed by atoms with Crippen LogP contribution in [0.25, 0.3) is 5.69 Å². The number of halogens is 1. The first-order valence-corrected chi connectivity index (χ1v) is 12.7. The lowest BCUT2D eigenvalue weighted by Crippen LogP contribution is -2.14. The van der Waals surface area contributed by atoms with Crippen LogP contribution in [0, 0.1) is 6.92 Å². The van der Waals surface area contributed by atoms with Crippen LogP contribution in [-0.4, -0.2) is 23.5 Å². The fraction of sp³-hybridized carbons (Fsp3) is 0.0455. The Balaban J connectivity index is 1.61. The highest BCUT2D eigenvalue weighted by atomic mass is 35.5. The summed E-state index contributed by atoms with van der Waals surface area (Å²) in [5.74, 6) is 0. The molecule has 36 heavy (non-hydrogen) atoms. The zero-order chi connectivity index (χ0) is 25.7. The molecule has 0 bridgehead atoms. The van der Waals surface area contributed by atoms with Gasteiger partial charge in [-0.1, -0.05) is 40.9 Å². The number of sulfonamides is 1. The molecule has 3 aromatic carbocycles. The highest BCUT2D eigenvalue weighted by Crippen LogP contribution is 2.27. The van der Waals surface area contributed by atoms with Crippen molar-refractivity contribution in [2.24, 2.45) is 10.2 Å². The van der Waals surface area contributed by atoms with Gasteiger partial charge in [-0.3, -0.25) is 14.6 Å². The van der Waals surface area contributed by atoms with E-state index in [0.717, 1.165) is 0 Å². The van der Waals surface area contributed by atoms with Crippen LogP contribution in [0.3, 0.4) is 0 Å². The van der Waals surface area contributed by atoms with E-state index in [1.54, 1.807) is 55.5 Å². The number of aromatic amines is 1. The van der Waals surface area contributed by atoms with Crippen molar-refractivity contribution >= 4 is 50.7 Å². The van der Waals surface area contributed by atoms with Crippen molar-refractivity contribution in [1.82, 2.24) is 9.78 Å². The van der Waals surface area contributed by atoms with Gasteiger partial charge in [0.25, 0.3) is 15.6 Å². The number of aromatic nitrogens is 2. The molecule has 0 radical (unpaired) electrons. The number of rotatable bonds is 9. The van der Waals surface area contributed by atoms with Crippen molar-refractivity contribution in [3.63, 3.8) is 0 Å². The van der Waals surface area contributed by atoms with Gasteiger partial charge >= 0.3 is 0 Å². The standard InChI is InChI=1S/C22H18ClN5O6S2/c1-14-21(22(29)28(26-14)18-10-15(23)11-19(13-18)35-34-33-30)25-24-17-8-5-9-20(12-17)36(31,32)27-16-6-3-2-4-7-16/h2-13,26-27,30H,1H3. The van der Waals surface area contributed by atoms with Crippen LogP contribution >= 0.6 is 23.6 Å². The van der Waals surface area contributed by atoms with E-state index in [0.29, 0.717) is 39.0 Å². The van der Waals surface area contributed by atoms with E-state index in [1.807, 2.05) is 0 Å². The van der Waals surface area contributed by atoms with E-state index in [2.05, 4.69) is 29.4 Å². The van der Waals surface area contributed by atoms with Crippen molar-refractivity contribution in [3.8, 4) is 5.69 Å². The van der Waals surface area contributed by atoms with Gasteiger partial charge in [0.05, 0.1) is 34.0 Å². The van der Waals surface area contributed by atoms with Gasteiger partial charge in [0.1, 0.15) is 0 Å². The Hall–Kier alpha value is -3.46. The molecule has 0 aliphatic heterocycles. The summed E-state index contributed by atoms with van der Waals surface area (Å²) in [6.07, 6.45) is 0. The predicted molar refractivity (Wildman–Crippen MR) is 135 cm³/mol. The average molecular weight is 548 g/mol. The summed E-state index contributed by atoms with van der Waals surface area (Å²) < 4.78 is 33.6. The first-order valence-electron chi connectivity index (χ1n) is 10.1. The molecule has 0 saturated carbocycles. The molecule has 4 aromatic rings. The van der Waals surface area contributed by atoms with Gasteiger partial charge in [-0.25, -0.2) is 18.4 Å². The molecule has 11 nitrogen and oxygen atoms in total. The Labute approximate surface area is 214 Å².